The molecule has 3 rings (SSSR count). The van der Waals surface area contributed by atoms with Gasteiger partial charge in [0.1, 0.15) is 0 Å². The Morgan fingerprint density at radius 2 is 1.81 bits per heavy atom. The van der Waals surface area contributed by atoms with Gasteiger partial charge in [-0.25, -0.2) is 0 Å². The van der Waals surface area contributed by atoms with Crippen molar-refractivity contribution in [3.8, 4) is 0 Å². The second kappa shape index (κ2) is 5.85. The third kappa shape index (κ3) is 2.91. The molecular formula is C19H36N2. The van der Waals surface area contributed by atoms with Gasteiger partial charge in [-0.1, -0.05) is 34.1 Å². The van der Waals surface area contributed by atoms with Crippen LogP contribution in [-0.2, 0) is 0 Å². The molecule has 0 spiro atoms. The smallest absolute Gasteiger partial charge is 0.0177 e. The first-order valence-electron chi connectivity index (χ1n) is 9.44. The highest BCUT2D eigenvalue weighted by molar-refractivity contribution is 5.12. The van der Waals surface area contributed by atoms with Crippen molar-refractivity contribution in [1.29, 1.82) is 0 Å². The molecule has 1 saturated heterocycles. The molecule has 0 amide bonds. The molecule has 3 fully saturated rings. The quantitative estimate of drug-likeness (QED) is 0.822. The minimum atomic E-state index is 0.506. The Morgan fingerprint density at radius 3 is 2.38 bits per heavy atom. The van der Waals surface area contributed by atoms with Crippen LogP contribution in [0.15, 0.2) is 0 Å². The number of nitrogens with one attached hydrogen (secondary N) is 1. The van der Waals surface area contributed by atoms with Gasteiger partial charge in [0.05, 0.1) is 0 Å². The lowest BCUT2D eigenvalue weighted by Crippen LogP contribution is -2.55. The maximum absolute atomic E-state index is 4.13. The molecular weight excluding hydrogens is 256 g/mol. The summed E-state index contributed by atoms with van der Waals surface area (Å²) in [5.74, 6) is 0.963. The molecule has 122 valence electrons. The normalized spacial score (nSPS) is 40.0. The fourth-order valence-corrected chi connectivity index (χ4v) is 5.66. The van der Waals surface area contributed by atoms with E-state index in [1.807, 2.05) is 0 Å². The molecule has 2 bridgehead atoms. The summed E-state index contributed by atoms with van der Waals surface area (Å²) >= 11 is 0. The van der Waals surface area contributed by atoms with Crippen molar-refractivity contribution < 1.29 is 0 Å². The lowest BCUT2D eigenvalue weighted by Gasteiger charge is -2.46. The molecule has 1 heterocycles. The Balaban J connectivity index is 1.54. The van der Waals surface area contributed by atoms with Crippen LogP contribution in [0.25, 0.3) is 0 Å². The molecule has 0 aromatic carbocycles. The number of piperidine rings is 1. The summed E-state index contributed by atoms with van der Waals surface area (Å²) in [4.78, 5) is 2.68. The average Bonchev–Trinajstić information content (AvgIpc) is 2.94. The molecule has 3 unspecified atom stereocenters. The van der Waals surface area contributed by atoms with Crippen LogP contribution >= 0.6 is 0 Å². The van der Waals surface area contributed by atoms with Crippen LogP contribution in [0, 0.1) is 16.7 Å². The third-order valence-corrected chi connectivity index (χ3v) is 7.09. The Labute approximate surface area is 132 Å². The summed E-state index contributed by atoms with van der Waals surface area (Å²) < 4.78 is 0. The number of unbranched alkanes of at least 4 members (excludes halogenated alkanes) is 1. The van der Waals surface area contributed by atoms with Crippen molar-refractivity contribution in [2.24, 2.45) is 16.7 Å². The van der Waals surface area contributed by atoms with Gasteiger partial charge < -0.3 is 10.2 Å². The van der Waals surface area contributed by atoms with Crippen LogP contribution in [0.2, 0.25) is 0 Å². The van der Waals surface area contributed by atoms with E-state index in [4.69, 9.17) is 0 Å². The number of nitrogens with zero attached hydrogens (tertiary/aromatic N) is 1. The van der Waals surface area contributed by atoms with Gasteiger partial charge in [0.25, 0.3) is 0 Å². The number of hydrogen-bond acceptors (Lipinski definition) is 2. The van der Waals surface area contributed by atoms with Gasteiger partial charge >= 0.3 is 0 Å². The van der Waals surface area contributed by atoms with Gasteiger partial charge in [-0.3, -0.25) is 0 Å². The first-order valence-corrected chi connectivity index (χ1v) is 9.44. The molecule has 21 heavy (non-hydrogen) atoms. The summed E-state index contributed by atoms with van der Waals surface area (Å²) in [6.45, 7) is 13.8. The lowest BCUT2D eigenvalue weighted by molar-refractivity contribution is 0.0833. The van der Waals surface area contributed by atoms with Crippen molar-refractivity contribution >= 4 is 0 Å². The van der Waals surface area contributed by atoms with Gasteiger partial charge in [-0.15, -0.1) is 0 Å². The van der Waals surface area contributed by atoms with E-state index in [0.29, 0.717) is 10.8 Å². The molecule has 2 aliphatic carbocycles. The monoisotopic (exact) mass is 292 g/mol. The van der Waals surface area contributed by atoms with Crippen molar-refractivity contribution in [3.63, 3.8) is 0 Å². The maximum Gasteiger partial charge on any atom is 0.0177 e. The molecule has 1 aliphatic heterocycles. The van der Waals surface area contributed by atoms with Crippen LogP contribution in [-0.4, -0.2) is 36.6 Å². The predicted molar refractivity (Wildman–Crippen MR) is 90.5 cm³/mol. The molecule has 1 N–H and O–H groups in total. The topological polar surface area (TPSA) is 15.3 Å². The van der Waals surface area contributed by atoms with E-state index < -0.39 is 0 Å². The van der Waals surface area contributed by atoms with Crippen LogP contribution in [0.1, 0.15) is 72.6 Å². The van der Waals surface area contributed by atoms with Crippen molar-refractivity contribution in [2.45, 2.75) is 84.7 Å². The molecule has 3 atom stereocenters. The standard InChI is InChI=1S/C19H36N2/c1-5-6-11-21-12-8-16(9-13-21)20-17-18(2,3)15-7-10-19(17,4)14-15/h15-17,20H,5-14H2,1-4H3. The van der Waals surface area contributed by atoms with Gasteiger partial charge in [0.2, 0.25) is 0 Å². The Morgan fingerprint density at radius 1 is 1.10 bits per heavy atom. The van der Waals surface area contributed by atoms with Crippen LogP contribution < -0.4 is 5.32 Å². The van der Waals surface area contributed by atoms with Gasteiger partial charge in [0, 0.05) is 12.1 Å². The van der Waals surface area contributed by atoms with E-state index in [1.54, 1.807) is 0 Å². The molecule has 2 heteroatoms. The largest absolute Gasteiger partial charge is 0.310 e. The van der Waals surface area contributed by atoms with E-state index in [9.17, 15) is 0 Å². The van der Waals surface area contributed by atoms with E-state index in [2.05, 4.69) is 37.9 Å². The first kappa shape index (κ1) is 15.8. The van der Waals surface area contributed by atoms with Crippen LogP contribution in [0.5, 0.6) is 0 Å². The third-order valence-electron chi connectivity index (χ3n) is 7.09. The second-order valence-electron chi connectivity index (χ2n) is 8.98. The van der Waals surface area contributed by atoms with Gasteiger partial charge in [0.15, 0.2) is 0 Å². The van der Waals surface area contributed by atoms with Crippen molar-refractivity contribution in [2.75, 3.05) is 19.6 Å². The average molecular weight is 293 g/mol. The number of likely N-dealkylation sites (tertiary alicyclic amines) is 1. The minimum Gasteiger partial charge on any atom is -0.310 e. The SMILES string of the molecule is CCCCN1CCC(NC2C3(C)CCC(C3)C2(C)C)CC1. The Hall–Kier alpha value is -0.0800. The van der Waals surface area contributed by atoms with Crippen molar-refractivity contribution in [1.82, 2.24) is 10.2 Å². The molecule has 2 nitrogen and oxygen atoms in total. The molecule has 0 radical (unpaired) electrons. The highest BCUT2D eigenvalue weighted by Gasteiger charge is 2.59. The zero-order valence-corrected chi connectivity index (χ0v) is 14.8. The zero-order chi connectivity index (χ0) is 15.1. The lowest BCUT2D eigenvalue weighted by atomic mass is 9.68. The Kier molecular flexibility index (Phi) is 4.40. The fraction of sp³-hybridized carbons (Fsp3) is 1.00. The summed E-state index contributed by atoms with van der Waals surface area (Å²) in [6.07, 6.45) is 9.80. The number of fused-ring (bicyclic) bond motifs is 2. The Bertz CT molecular complexity index is 352. The maximum atomic E-state index is 4.13. The molecule has 0 aromatic rings. The summed E-state index contributed by atoms with van der Waals surface area (Å²) in [6, 6.07) is 1.51. The summed E-state index contributed by atoms with van der Waals surface area (Å²) in [7, 11) is 0. The predicted octanol–water partition coefficient (Wildman–Crippen LogP) is 4.06. The molecule has 2 saturated carbocycles. The van der Waals surface area contributed by atoms with Crippen molar-refractivity contribution in [3.05, 3.63) is 0 Å². The fourth-order valence-electron chi connectivity index (χ4n) is 5.66. The highest BCUT2D eigenvalue weighted by atomic mass is 15.1. The second-order valence-corrected chi connectivity index (χ2v) is 8.98. The number of rotatable bonds is 5. The highest BCUT2D eigenvalue weighted by Crippen LogP contribution is 2.62. The van der Waals surface area contributed by atoms with Gasteiger partial charge in [-0.2, -0.15) is 0 Å². The first-order chi connectivity index (χ1) is 9.95. The summed E-state index contributed by atoms with van der Waals surface area (Å²) in [5, 5.41) is 4.13. The van der Waals surface area contributed by atoms with E-state index in [1.165, 1.54) is 64.6 Å². The van der Waals surface area contributed by atoms with Crippen LogP contribution in [0.3, 0.4) is 0 Å². The zero-order valence-electron chi connectivity index (χ0n) is 14.8. The van der Waals surface area contributed by atoms with E-state index in [0.717, 1.165) is 18.0 Å². The number of hydrogen-bond donors (Lipinski definition) is 1. The van der Waals surface area contributed by atoms with Crippen LogP contribution in [0.4, 0.5) is 0 Å². The molecule has 0 aromatic heterocycles. The summed E-state index contributed by atoms with van der Waals surface area (Å²) in [5.41, 5.74) is 1.08. The molecule has 3 aliphatic rings. The van der Waals surface area contributed by atoms with E-state index in [-0.39, 0.29) is 0 Å². The van der Waals surface area contributed by atoms with E-state index >= 15 is 0 Å². The van der Waals surface area contributed by atoms with Gasteiger partial charge in [-0.05, 0) is 74.9 Å². The minimum absolute atomic E-state index is 0.506.